The van der Waals surface area contributed by atoms with E-state index in [1.165, 1.54) is 13.8 Å². The maximum absolute atomic E-state index is 13.5. The zero-order chi connectivity index (χ0) is 31.5. The fourth-order valence-electron chi connectivity index (χ4n) is 9.05. The molecule has 0 spiro atoms. The van der Waals surface area contributed by atoms with Crippen LogP contribution in [0.4, 0.5) is 0 Å². The third kappa shape index (κ3) is 4.16. The van der Waals surface area contributed by atoms with E-state index in [0.29, 0.717) is 24.8 Å². The summed E-state index contributed by atoms with van der Waals surface area (Å²) in [5.41, 5.74) is -7.33. The molecule has 4 N–H and O–H groups in total. The van der Waals surface area contributed by atoms with E-state index in [1.807, 2.05) is 6.08 Å². The number of aliphatic hydroxyl groups is 4. The number of Topliss-reactive ketones (excluding diaryl/α,β-unsaturated/α-hetero) is 1. The molecule has 0 radical (unpaired) electrons. The first-order chi connectivity index (χ1) is 20.8. The number of carbonyl (C=O) groups is 3. The Morgan fingerprint density at radius 3 is 2.11 bits per heavy atom. The van der Waals surface area contributed by atoms with Crippen molar-refractivity contribution in [2.75, 3.05) is 6.61 Å². The largest absolute Gasteiger partial charge is 0.461 e. The normalized spacial score (nSPS) is 39.2. The minimum absolute atomic E-state index is 0.00642. The minimum atomic E-state index is -2.08. The molecule has 44 heavy (non-hydrogen) atoms. The van der Waals surface area contributed by atoms with Crippen molar-refractivity contribution >= 4 is 17.7 Å². The lowest BCUT2D eigenvalue weighted by atomic mass is 9.42. The van der Waals surface area contributed by atoms with Gasteiger partial charge in [-0.2, -0.15) is 0 Å². The van der Waals surface area contributed by atoms with Crippen LogP contribution >= 0.6 is 0 Å². The highest BCUT2D eigenvalue weighted by Crippen LogP contribution is 2.71. The van der Waals surface area contributed by atoms with Crippen LogP contribution in [-0.2, 0) is 14.3 Å². The molecular weight excluding hydrogens is 564 g/mol. The molecule has 2 aromatic rings. The molecule has 234 valence electrons. The maximum atomic E-state index is 13.5. The quantitative estimate of drug-likeness (QED) is 0.287. The van der Waals surface area contributed by atoms with Gasteiger partial charge >= 0.3 is 11.9 Å². The molecule has 0 unspecified atom stereocenters. The molecule has 0 amide bonds. The van der Waals surface area contributed by atoms with Gasteiger partial charge < -0.3 is 29.9 Å². The SMILES string of the molecule is CC(=O)[C@]1(O)CC[C@@]2(O)[C@]1(C)[C@H](OC(=O)c1ccccc1)C[C@@H]1[C@@]3(COC(=O)c4ccccc4)CC[C@H](O)CC3=CC[C@]12O. The lowest BCUT2D eigenvalue weighted by Crippen LogP contribution is -2.78. The van der Waals surface area contributed by atoms with Crippen molar-refractivity contribution in [3.8, 4) is 0 Å². The van der Waals surface area contributed by atoms with Crippen LogP contribution in [0.3, 0.4) is 0 Å². The van der Waals surface area contributed by atoms with Crippen LogP contribution in [0.2, 0.25) is 0 Å². The van der Waals surface area contributed by atoms with E-state index in [4.69, 9.17) is 9.47 Å². The summed E-state index contributed by atoms with van der Waals surface area (Å²) in [6.07, 6.45) is 0.761. The first-order valence-electron chi connectivity index (χ1n) is 15.4. The number of esters is 2. The van der Waals surface area contributed by atoms with Gasteiger partial charge in [0.1, 0.15) is 29.5 Å². The number of ketones is 1. The van der Waals surface area contributed by atoms with Gasteiger partial charge in [-0.05, 0) is 83.1 Å². The van der Waals surface area contributed by atoms with E-state index in [1.54, 1.807) is 60.7 Å². The number of aliphatic hydroxyl groups excluding tert-OH is 1. The Morgan fingerprint density at radius 2 is 1.50 bits per heavy atom. The Morgan fingerprint density at radius 1 is 0.886 bits per heavy atom. The highest BCUT2D eigenvalue weighted by Gasteiger charge is 2.81. The number of hydrogen-bond donors (Lipinski definition) is 4. The van der Waals surface area contributed by atoms with Crippen molar-refractivity contribution in [3.05, 3.63) is 83.4 Å². The summed E-state index contributed by atoms with van der Waals surface area (Å²) in [6, 6.07) is 16.9. The molecule has 9 heteroatoms. The third-order valence-electron chi connectivity index (χ3n) is 11.6. The van der Waals surface area contributed by atoms with E-state index in [-0.39, 0.29) is 37.9 Å². The molecule has 0 aliphatic heterocycles. The smallest absolute Gasteiger partial charge is 0.338 e. The van der Waals surface area contributed by atoms with Crippen molar-refractivity contribution in [3.63, 3.8) is 0 Å². The first-order valence-corrected chi connectivity index (χ1v) is 15.4. The highest BCUT2D eigenvalue weighted by atomic mass is 16.6. The van der Waals surface area contributed by atoms with Crippen LogP contribution in [0.15, 0.2) is 72.3 Å². The molecule has 0 bridgehead atoms. The summed E-state index contributed by atoms with van der Waals surface area (Å²) in [4.78, 5) is 39.7. The monoisotopic (exact) mass is 604 g/mol. The van der Waals surface area contributed by atoms with E-state index in [2.05, 4.69) is 0 Å². The van der Waals surface area contributed by atoms with Gasteiger partial charge in [-0.15, -0.1) is 0 Å². The van der Waals surface area contributed by atoms with Crippen molar-refractivity contribution in [1.82, 2.24) is 0 Å². The van der Waals surface area contributed by atoms with Crippen LogP contribution in [0.5, 0.6) is 0 Å². The Balaban J connectivity index is 1.46. The van der Waals surface area contributed by atoms with Crippen molar-refractivity contribution in [2.45, 2.75) is 87.8 Å². The van der Waals surface area contributed by atoms with E-state index in [0.717, 1.165) is 5.57 Å². The van der Waals surface area contributed by atoms with E-state index >= 15 is 0 Å². The Bertz CT molecular complexity index is 1490. The third-order valence-corrected chi connectivity index (χ3v) is 11.6. The fraction of sp³-hybridized carbons (Fsp3) is 0.514. The van der Waals surface area contributed by atoms with Crippen LogP contribution in [-0.4, -0.2) is 73.8 Å². The van der Waals surface area contributed by atoms with Gasteiger partial charge in [0.15, 0.2) is 5.78 Å². The van der Waals surface area contributed by atoms with Gasteiger partial charge in [0.25, 0.3) is 0 Å². The predicted octanol–water partition coefficient (Wildman–Crippen LogP) is 3.53. The number of hydrogen-bond acceptors (Lipinski definition) is 9. The second-order valence-electron chi connectivity index (χ2n) is 13.4. The number of fused-ring (bicyclic) bond motifs is 5. The van der Waals surface area contributed by atoms with Gasteiger partial charge in [0.05, 0.1) is 22.6 Å². The van der Waals surface area contributed by atoms with Crippen LogP contribution in [0.1, 0.15) is 79.5 Å². The van der Waals surface area contributed by atoms with Gasteiger partial charge in [0.2, 0.25) is 0 Å². The molecular formula is C35H40O9. The average Bonchev–Trinajstić information content (AvgIpc) is 3.26. The van der Waals surface area contributed by atoms with Crippen LogP contribution < -0.4 is 0 Å². The maximum Gasteiger partial charge on any atom is 0.338 e. The molecule has 9 nitrogen and oxygen atoms in total. The average molecular weight is 605 g/mol. The Labute approximate surface area is 256 Å². The minimum Gasteiger partial charge on any atom is -0.461 e. The number of carbonyl (C=O) groups excluding carboxylic acids is 3. The highest BCUT2D eigenvalue weighted by molar-refractivity contribution is 5.90. The van der Waals surface area contributed by atoms with Gasteiger partial charge in [0, 0.05) is 11.3 Å². The predicted molar refractivity (Wildman–Crippen MR) is 158 cm³/mol. The molecule has 0 heterocycles. The lowest BCUT2D eigenvalue weighted by molar-refractivity contribution is -0.314. The van der Waals surface area contributed by atoms with E-state index in [9.17, 15) is 34.8 Å². The van der Waals surface area contributed by atoms with Crippen LogP contribution in [0, 0.1) is 16.7 Å². The summed E-state index contributed by atoms with van der Waals surface area (Å²) in [7, 11) is 0. The molecule has 0 saturated heterocycles. The summed E-state index contributed by atoms with van der Waals surface area (Å²) in [5, 5.41) is 48.1. The summed E-state index contributed by atoms with van der Waals surface area (Å²) < 4.78 is 12.1. The van der Waals surface area contributed by atoms with Crippen molar-refractivity contribution < 1.29 is 44.3 Å². The molecule has 6 rings (SSSR count). The van der Waals surface area contributed by atoms with Gasteiger partial charge in [-0.3, -0.25) is 4.79 Å². The number of rotatable bonds is 6. The molecule has 4 aliphatic carbocycles. The molecule has 8 atom stereocenters. The van der Waals surface area contributed by atoms with Crippen LogP contribution in [0.25, 0.3) is 0 Å². The molecule has 3 fully saturated rings. The summed E-state index contributed by atoms with van der Waals surface area (Å²) in [5.74, 6) is -2.61. The van der Waals surface area contributed by atoms with Crippen molar-refractivity contribution in [1.29, 1.82) is 0 Å². The topological polar surface area (TPSA) is 151 Å². The fourth-order valence-corrected chi connectivity index (χ4v) is 9.05. The van der Waals surface area contributed by atoms with Crippen molar-refractivity contribution in [2.24, 2.45) is 16.7 Å². The summed E-state index contributed by atoms with van der Waals surface area (Å²) in [6.45, 7) is 2.65. The molecule has 3 saturated carbocycles. The second kappa shape index (κ2) is 10.6. The Hall–Kier alpha value is -3.37. The molecule has 2 aromatic carbocycles. The second-order valence-corrected chi connectivity index (χ2v) is 13.4. The molecule has 4 aliphatic rings. The Kier molecular flexibility index (Phi) is 7.40. The zero-order valence-corrected chi connectivity index (χ0v) is 25.1. The first kappa shape index (κ1) is 30.6. The van der Waals surface area contributed by atoms with Gasteiger partial charge in [-0.1, -0.05) is 48.0 Å². The number of benzene rings is 2. The molecule has 0 aromatic heterocycles. The number of ether oxygens (including phenoxy) is 2. The summed E-state index contributed by atoms with van der Waals surface area (Å²) >= 11 is 0. The van der Waals surface area contributed by atoms with E-state index < -0.39 is 63.5 Å². The zero-order valence-electron chi connectivity index (χ0n) is 25.1. The van der Waals surface area contributed by atoms with Gasteiger partial charge in [-0.25, -0.2) is 9.59 Å². The lowest BCUT2D eigenvalue weighted by Gasteiger charge is -2.67. The standard InChI is InChI=1S/C35H40O9/c1-22(36)33(40)17-18-35(42)31(33,2)28(44-30(39)24-11-7-4-8-12-24)20-27-32(21-43-29(38)23-9-5-3-6-10-23)15-14-26(37)19-25(32)13-16-34(27,35)41/h3-13,26-28,37,40-42H,14-21H2,1-2H3/t26-,27+,28+,31+,32+,33+,34-,35+/m0/s1.